The summed E-state index contributed by atoms with van der Waals surface area (Å²) in [6.07, 6.45) is 54.0. The largest absolute Gasteiger partial charge is 0.454 e. The van der Waals surface area contributed by atoms with Gasteiger partial charge in [0, 0.05) is 6.42 Å². The number of hydrogen-bond donors (Lipinski definition) is 6. The standard InChI is InChI=1S/C64H115NO10/c1-4-7-10-13-16-19-22-24-26-28-30-31-33-36-39-42-45-48-51-57(68)63(72)65-55(56(67)50-47-44-41-38-35-21-18-15-12-9-6-3)54-73-64-62(61(71)60(70)58(53-66)74-64)75-59(69)52-49-46-43-40-37-34-32-29-27-25-23-20-17-14-11-8-5-2/h16,19,24,26,30-31,36,39,47,50,55-58,60-62,64,66-68,70-71H,4-15,17-18,20-23,25,27-29,32-35,37-38,40-46,48-49,51-54H2,1-3H3,(H,65,72)/b19-16-,26-24-,31-30-,39-36-,50-47+. The third-order valence-electron chi connectivity index (χ3n) is 14.4. The highest BCUT2D eigenvalue weighted by Crippen LogP contribution is 2.26. The van der Waals surface area contributed by atoms with Crippen molar-refractivity contribution in [3.8, 4) is 0 Å². The molecule has 6 N–H and O–H groups in total. The summed E-state index contributed by atoms with van der Waals surface area (Å²) in [5.41, 5.74) is 0. The van der Waals surface area contributed by atoms with Crippen molar-refractivity contribution < 1.29 is 49.3 Å². The van der Waals surface area contributed by atoms with E-state index in [4.69, 9.17) is 14.2 Å². The Morgan fingerprint density at radius 3 is 1.40 bits per heavy atom. The molecule has 0 aliphatic carbocycles. The zero-order chi connectivity index (χ0) is 54.7. The smallest absolute Gasteiger partial charge is 0.306 e. The molecule has 11 heteroatoms. The van der Waals surface area contributed by atoms with Crippen molar-refractivity contribution >= 4 is 11.9 Å². The van der Waals surface area contributed by atoms with Gasteiger partial charge in [-0.2, -0.15) is 0 Å². The van der Waals surface area contributed by atoms with Crippen molar-refractivity contribution in [3.05, 3.63) is 60.8 Å². The number of allylic oxidation sites excluding steroid dienone is 9. The van der Waals surface area contributed by atoms with Gasteiger partial charge in [-0.15, -0.1) is 0 Å². The van der Waals surface area contributed by atoms with Gasteiger partial charge in [0.05, 0.1) is 25.4 Å². The zero-order valence-corrected chi connectivity index (χ0v) is 48.2. The number of hydrogen-bond acceptors (Lipinski definition) is 10. The number of nitrogens with one attached hydrogen (secondary N) is 1. The molecule has 436 valence electrons. The third-order valence-corrected chi connectivity index (χ3v) is 14.4. The van der Waals surface area contributed by atoms with Gasteiger partial charge in [-0.05, 0) is 70.6 Å². The van der Waals surface area contributed by atoms with Gasteiger partial charge in [0.15, 0.2) is 12.4 Å². The van der Waals surface area contributed by atoms with Crippen LogP contribution in [0, 0.1) is 0 Å². The SMILES string of the molecule is CCCCC/C=C\C/C=C\C/C=C\C/C=C\CCCCC(O)C(=O)NC(COC1OC(CO)C(O)C(O)C1OC(=O)CCCCCCCCCCCCCCCCCCC)C(O)/C=C/CCCCCCCCCCC. The van der Waals surface area contributed by atoms with Crippen molar-refractivity contribution in [3.63, 3.8) is 0 Å². The average Bonchev–Trinajstić information content (AvgIpc) is 3.41. The van der Waals surface area contributed by atoms with Gasteiger partial charge >= 0.3 is 5.97 Å². The number of amides is 1. The van der Waals surface area contributed by atoms with Gasteiger partial charge in [0.25, 0.3) is 0 Å². The lowest BCUT2D eigenvalue weighted by molar-refractivity contribution is -0.305. The maximum Gasteiger partial charge on any atom is 0.306 e. The lowest BCUT2D eigenvalue weighted by atomic mass is 9.99. The van der Waals surface area contributed by atoms with Crippen LogP contribution in [0.2, 0.25) is 0 Å². The molecule has 1 amide bonds. The van der Waals surface area contributed by atoms with E-state index in [2.05, 4.69) is 74.7 Å². The highest BCUT2D eigenvalue weighted by atomic mass is 16.7. The van der Waals surface area contributed by atoms with Gasteiger partial charge in [-0.1, -0.05) is 255 Å². The molecule has 8 atom stereocenters. The van der Waals surface area contributed by atoms with Crippen molar-refractivity contribution in [2.24, 2.45) is 0 Å². The van der Waals surface area contributed by atoms with Crippen LogP contribution in [0.4, 0.5) is 0 Å². The van der Waals surface area contributed by atoms with E-state index in [1.807, 2.05) is 6.08 Å². The summed E-state index contributed by atoms with van der Waals surface area (Å²) >= 11 is 0. The molecule has 0 bridgehead atoms. The van der Waals surface area contributed by atoms with Crippen LogP contribution in [0.25, 0.3) is 0 Å². The van der Waals surface area contributed by atoms with E-state index in [0.29, 0.717) is 12.8 Å². The number of aliphatic hydroxyl groups is 5. The second-order valence-electron chi connectivity index (χ2n) is 21.4. The van der Waals surface area contributed by atoms with E-state index in [0.717, 1.165) is 77.0 Å². The molecule has 0 radical (unpaired) electrons. The second kappa shape index (κ2) is 52.1. The molecule has 1 aliphatic rings. The minimum Gasteiger partial charge on any atom is -0.454 e. The van der Waals surface area contributed by atoms with E-state index in [-0.39, 0.29) is 19.4 Å². The number of esters is 1. The molecule has 0 aromatic rings. The molecule has 0 saturated carbocycles. The molecule has 11 nitrogen and oxygen atoms in total. The fourth-order valence-electron chi connectivity index (χ4n) is 9.46. The lowest BCUT2D eigenvalue weighted by Gasteiger charge is -2.41. The predicted molar refractivity (Wildman–Crippen MR) is 310 cm³/mol. The molecule has 0 aromatic heterocycles. The highest BCUT2D eigenvalue weighted by Gasteiger charge is 2.47. The first kappa shape index (κ1) is 70.4. The Morgan fingerprint density at radius 1 is 0.520 bits per heavy atom. The molecule has 1 fully saturated rings. The monoisotopic (exact) mass is 1060 g/mol. The molecule has 1 heterocycles. The van der Waals surface area contributed by atoms with E-state index in [9.17, 15) is 35.1 Å². The fraction of sp³-hybridized carbons (Fsp3) is 0.812. The van der Waals surface area contributed by atoms with Crippen molar-refractivity contribution in [2.75, 3.05) is 13.2 Å². The summed E-state index contributed by atoms with van der Waals surface area (Å²) in [4.78, 5) is 26.5. The molecule has 0 spiro atoms. The van der Waals surface area contributed by atoms with Crippen LogP contribution in [-0.4, -0.2) is 99.6 Å². The maximum absolute atomic E-state index is 13.4. The van der Waals surface area contributed by atoms with Gasteiger partial charge in [0.1, 0.15) is 24.4 Å². The molecule has 8 unspecified atom stereocenters. The van der Waals surface area contributed by atoms with Gasteiger partial charge in [0.2, 0.25) is 5.91 Å². The second-order valence-corrected chi connectivity index (χ2v) is 21.4. The van der Waals surface area contributed by atoms with Gasteiger partial charge < -0.3 is 45.1 Å². The zero-order valence-electron chi connectivity index (χ0n) is 48.2. The normalized spacial score (nSPS) is 19.6. The Kier molecular flexibility index (Phi) is 48.9. The Morgan fingerprint density at radius 2 is 0.920 bits per heavy atom. The minimum atomic E-state index is -1.62. The average molecular weight is 1060 g/mol. The minimum absolute atomic E-state index is 0.122. The highest BCUT2D eigenvalue weighted by molar-refractivity contribution is 5.80. The molecule has 1 aliphatic heterocycles. The van der Waals surface area contributed by atoms with Crippen molar-refractivity contribution in [1.29, 1.82) is 0 Å². The number of carbonyl (C=O) groups is 2. The number of aliphatic hydroxyl groups excluding tert-OH is 5. The van der Waals surface area contributed by atoms with Crippen molar-refractivity contribution in [1.82, 2.24) is 5.32 Å². The first-order chi connectivity index (χ1) is 36.7. The first-order valence-corrected chi connectivity index (χ1v) is 31.1. The Labute approximate surface area is 458 Å². The van der Waals surface area contributed by atoms with Crippen LogP contribution in [-0.2, 0) is 23.8 Å². The van der Waals surface area contributed by atoms with E-state index in [1.54, 1.807) is 6.08 Å². The summed E-state index contributed by atoms with van der Waals surface area (Å²) in [5.74, 6) is -1.22. The third kappa shape index (κ3) is 40.2. The summed E-state index contributed by atoms with van der Waals surface area (Å²) in [7, 11) is 0. The first-order valence-electron chi connectivity index (χ1n) is 31.1. The quantitative estimate of drug-likeness (QED) is 0.0195. The van der Waals surface area contributed by atoms with Crippen molar-refractivity contribution in [2.45, 2.75) is 320 Å². The Bertz CT molecular complexity index is 1450. The molecular formula is C64H115NO10. The number of ether oxygens (including phenoxy) is 3. The van der Waals surface area contributed by atoms with Crippen LogP contribution in [0.5, 0.6) is 0 Å². The van der Waals surface area contributed by atoms with Crippen LogP contribution in [0.15, 0.2) is 60.8 Å². The number of unbranched alkanes of at least 4 members (excludes halogenated alkanes) is 30. The maximum atomic E-state index is 13.4. The van der Waals surface area contributed by atoms with E-state index in [1.165, 1.54) is 148 Å². The molecular weight excluding hydrogens is 943 g/mol. The van der Waals surface area contributed by atoms with Crippen LogP contribution >= 0.6 is 0 Å². The molecule has 75 heavy (non-hydrogen) atoms. The predicted octanol–water partition coefficient (Wildman–Crippen LogP) is 14.6. The van der Waals surface area contributed by atoms with E-state index < -0.39 is 67.4 Å². The number of carbonyl (C=O) groups excluding carboxylic acids is 2. The molecule has 1 rings (SSSR count). The summed E-state index contributed by atoms with van der Waals surface area (Å²) in [5, 5.41) is 56.9. The van der Waals surface area contributed by atoms with Gasteiger partial charge in [-0.3, -0.25) is 9.59 Å². The Hall–Kier alpha value is -2.64. The van der Waals surface area contributed by atoms with Crippen LogP contribution in [0.3, 0.4) is 0 Å². The summed E-state index contributed by atoms with van der Waals surface area (Å²) < 4.78 is 17.6. The van der Waals surface area contributed by atoms with E-state index >= 15 is 0 Å². The van der Waals surface area contributed by atoms with Crippen LogP contribution < -0.4 is 5.32 Å². The number of rotatable bonds is 52. The Balaban J connectivity index is 2.70. The molecule has 1 saturated heterocycles. The van der Waals surface area contributed by atoms with Gasteiger partial charge in [-0.25, -0.2) is 0 Å². The summed E-state index contributed by atoms with van der Waals surface area (Å²) in [6, 6.07) is -1.04. The lowest BCUT2D eigenvalue weighted by Crippen LogP contribution is -2.61. The summed E-state index contributed by atoms with van der Waals surface area (Å²) in [6.45, 7) is 5.74. The molecule has 0 aromatic carbocycles. The fourth-order valence-corrected chi connectivity index (χ4v) is 9.46. The van der Waals surface area contributed by atoms with Crippen LogP contribution in [0.1, 0.15) is 271 Å². The topological polar surface area (TPSA) is 175 Å².